The van der Waals surface area contributed by atoms with Crippen molar-refractivity contribution in [2.75, 3.05) is 18.2 Å². The minimum Gasteiger partial charge on any atom is -0.492 e. The van der Waals surface area contributed by atoms with Crippen LogP contribution < -0.4 is 10.1 Å². The molecule has 1 N–H and O–H groups in total. The number of nitro groups is 1. The van der Waals surface area contributed by atoms with Gasteiger partial charge in [0.05, 0.1) is 17.2 Å². The lowest BCUT2D eigenvalue weighted by atomic mass is 10.1. The van der Waals surface area contributed by atoms with Gasteiger partial charge in [-0.3, -0.25) is 14.9 Å². The highest BCUT2D eigenvalue weighted by atomic mass is 32.2. The number of nitrogens with one attached hydrogen (secondary N) is 1. The predicted molar refractivity (Wildman–Crippen MR) is 90.4 cm³/mol. The maximum Gasteiger partial charge on any atom is 0.282 e. The molecule has 0 saturated carbocycles. The summed E-state index contributed by atoms with van der Waals surface area (Å²) in [5, 5.41) is 13.8. The fourth-order valence-corrected chi connectivity index (χ4v) is 2.46. The van der Waals surface area contributed by atoms with Gasteiger partial charge in [0, 0.05) is 11.0 Å². The zero-order chi connectivity index (χ0) is 16.8. The van der Waals surface area contributed by atoms with Gasteiger partial charge in [0.15, 0.2) is 0 Å². The van der Waals surface area contributed by atoms with Gasteiger partial charge in [-0.05, 0) is 37.4 Å². The lowest BCUT2D eigenvalue weighted by Crippen LogP contribution is -2.15. The van der Waals surface area contributed by atoms with Crippen LogP contribution in [-0.2, 0) is 0 Å². The van der Waals surface area contributed by atoms with Gasteiger partial charge in [0.25, 0.3) is 11.6 Å². The van der Waals surface area contributed by atoms with Crippen LogP contribution in [0.2, 0.25) is 0 Å². The Morgan fingerprint density at radius 2 is 2.04 bits per heavy atom. The van der Waals surface area contributed by atoms with E-state index in [0.29, 0.717) is 18.0 Å². The zero-order valence-corrected chi connectivity index (χ0v) is 13.6. The number of benzene rings is 2. The molecule has 0 heterocycles. The maximum atomic E-state index is 12.5. The SMILES string of the molecule is CCOc1ccccc1NC(=O)c1cc(SC)ccc1[N+](=O)[O-]. The van der Waals surface area contributed by atoms with E-state index in [4.69, 9.17) is 4.74 Å². The third-order valence-corrected chi connectivity index (χ3v) is 3.81. The number of hydrogen-bond donors (Lipinski definition) is 1. The number of carbonyl (C=O) groups excluding carboxylic acids is 1. The Bertz CT molecular complexity index is 734. The molecular formula is C16H16N2O4S. The number of carbonyl (C=O) groups is 1. The van der Waals surface area contributed by atoms with Crippen molar-refractivity contribution >= 4 is 29.0 Å². The summed E-state index contributed by atoms with van der Waals surface area (Å²) in [6, 6.07) is 11.4. The predicted octanol–water partition coefficient (Wildman–Crippen LogP) is 3.97. The van der Waals surface area contributed by atoms with Gasteiger partial charge in [0.1, 0.15) is 11.3 Å². The van der Waals surface area contributed by atoms with E-state index in [-0.39, 0.29) is 11.3 Å². The Hall–Kier alpha value is -2.54. The molecule has 0 aliphatic carbocycles. The van der Waals surface area contributed by atoms with Crippen LogP contribution in [0, 0.1) is 10.1 Å². The number of rotatable bonds is 6. The summed E-state index contributed by atoms with van der Waals surface area (Å²) < 4.78 is 5.44. The summed E-state index contributed by atoms with van der Waals surface area (Å²) in [5.41, 5.74) is 0.269. The summed E-state index contributed by atoms with van der Waals surface area (Å²) >= 11 is 1.41. The van der Waals surface area contributed by atoms with Crippen LogP contribution in [0.5, 0.6) is 5.75 Å². The molecular weight excluding hydrogens is 316 g/mol. The van der Waals surface area contributed by atoms with Crippen molar-refractivity contribution in [3.8, 4) is 5.75 Å². The molecule has 0 spiro atoms. The van der Waals surface area contributed by atoms with Crippen LogP contribution in [-0.4, -0.2) is 23.7 Å². The summed E-state index contributed by atoms with van der Waals surface area (Å²) in [7, 11) is 0. The third kappa shape index (κ3) is 4.01. The van der Waals surface area contributed by atoms with Crippen molar-refractivity contribution in [3.63, 3.8) is 0 Å². The highest BCUT2D eigenvalue weighted by molar-refractivity contribution is 7.98. The molecule has 0 aromatic heterocycles. The second kappa shape index (κ2) is 7.64. The van der Waals surface area contributed by atoms with Gasteiger partial charge in [0.2, 0.25) is 0 Å². The molecule has 23 heavy (non-hydrogen) atoms. The van der Waals surface area contributed by atoms with Crippen molar-refractivity contribution in [3.05, 3.63) is 58.1 Å². The molecule has 7 heteroatoms. The van der Waals surface area contributed by atoms with Crippen molar-refractivity contribution < 1.29 is 14.5 Å². The Morgan fingerprint density at radius 3 is 2.70 bits per heavy atom. The molecule has 0 saturated heterocycles. The molecule has 2 aromatic carbocycles. The van der Waals surface area contributed by atoms with Crippen molar-refractivity contribution in [1.82, 2.24) is 0 Å². The lowest BCUT2D eigenvalue weighted by Gasteiger charge is -2.11. The minimum absolute atomic E-state index is 0.0214. The molecule has 0 fully saturated rings. The highest BCUT2D eigenvalue weighted by Crippen LogP contribution is 2.28. The van der Waals surface area contributed by atoms with E-state index in [1.807, 2.05) is 13.2 Å². The Labute approximate surface area is 138 Å². The smallest absolute Gasteiger partial charge is 0.282 e. The molecule has 2 rings (SSSR count). The number of nitrogens with zero attached hydrogens (tertiary/aromatic N) is 1. The molecule has 0 bridgehead atoms. The van der Waals surface area contributed by atoms with Crippen LogP contribution >= 0.6 is 11.8 Å². The van der Waals surface area contributed by atoms with Crippen molar-refractivity contribution in [2.45, 2.75) is 11.8 Å². The van der Waals surface area contributed by atoms with Gasteiger partial charge in [-0.15, -0.1) is 11.8 Å². The van der Waals surface area contributed by atoms with Gasteiger partial charge in [-0.1, -0.05) is 12.1 Å². The van der Waals surface area contributed by atoms with E-state index in [9.17, 15) is 14.9 Å². The lowest BCUT2D eigenvalue weighted by molar-refractivity contribution is -0.385. The third-order valence-electron chi connectivity index (χ3n) is 3.08. The molecule has 0 radical (unpaired) electrons. The maximum absolute atomic E-state index is 12.5. The fraction of sp³-hybridized carbons (Fsp3) is 0.188. The van der Waals surface area contributed by atoms with Crippen LogP contribution in [0.1, 0.15) is 17.3 Å². The van der Waals surface area contributed by atoms with E-state index in [1.165, 1.54) is 23.9 Å². The number of anilines is 1. The minimum atomic E-state index is -0.562. The van der Waals surface area contributed by atoms with Gasteiger partial charge in [-0.25, -0.2) is 0 Å². The first-order valence-electron chi connectivity index (χ1n) is 6.92. The summed E-state index contributed by atoms with van der Waals surface area (Å²) in [4.78, 5) is 23.8. The molecule has 120 valence electrons. The quantitative estimate of drug-likeness (QED) is 0.492. The Balaban J connectivity index is 2.36. The van der Waals surface area contributed by atoms with Crippen molar-refractivity contribution in [2.24, 2.45) is 0 Å². The molecule has 0 atom stereocenters. The number of nitro benzene ring substituents is 1. The first-order valence-corrected chi connectivity index (χ1v) is 8.15. The summed E-state index contributed by atoms with van der Waals surface area (Å²) in [6.07, 6.45) is 1.84. The molecule has 0 unspecified atom stereocenters. The average molecular weight is 332 g/mol. The van der Waals surface area contributed by atoms with Crippen LogP contribution in [0.4, 0.5) is 11.4 Å². The van der Waals surface area contributed by atoms with E-state index in [1.54, 1.807) is 30.3 Å². The van der Waals surface area contributed by atoms with Gasteiger partial charge in [-0.2, -0.15) is 0 Å². The van der Waals surface area contributed by atoms with E-state index in [0.717, 1.165) is 4.90 Å². The molecule has 2 aromatic rings. The largest absolute Gasteiger partial charge is 0.492 e. The second-order valence-electron chi connectivity index (χ2n) is 4.52. The second-order valence-corrected chi connectivity index (χ2v) is 5.40. The van der Waals surface area contributed by atoms with E-state index >= 15 is 0 Å². The average Bonchev–Trinajstić information content (AvgIpc) is 2.56. The zero-order valence-electron chi connectivity index (χ0n) is 12.7. The standard InChI is InChI=1S/C16H16N2O4S/c1-3-22-15-7-5-4-6-13(15)17-16(19)12-10-11(23-2)8-9-14(12)18(20)21/h4-10H,3H2,1-2H3,(H,17,19). The number of para-hydroxylation sites is 2. The van der Waals surface area contributed by atoms with Crippen LogP contribution in [0.3, 0.4) is 0 Å². The number of amides is 1. The normalized spacial score (nSPS) is 10.2. The molecule has 0 aliphatic heterocycles. The number of ether oxygens (including phenoxy) is 1. The Morgan fingerprint density at radius 1 is 1.30 bits per heavy atom. The van der Waals surface area contributed by atoms with Crippen molar-refractivity contribution in [1.29, 1.82) is 0 Å². The van der Waals surface area contributed by atoms with Crippen LogP contribution in [0.25, 0.3) is 0 Å². The Kier molecular flexibility index (Phi) is 5.59. The summed E-state index contributed by atoms with van der Waals surface area (Å²) in [6.45, 7) is 2.29. The van der Waals surface area contributed by atoms with E-state index in [2.05, 4.69) is 5.32 Å². The molecule has 6 nitrogen and oxygen atoms in total. The van der Waals surface area contributed by atoms with Gasteiger partial charge < -0.3 is 10.1 Å². The molecule has 1 amide bonds. The fourth-order valence-electron chi connectivity index (χ4n) is 2.02. The number of hydrogen-bond acceptors (Lipinski definition) is 5. The molecule has 0 aliphatic rings. The first kappa shape index (κ1) is 16.8. The topological polar surface area (TPSA) is 81.5 Å². The highest BCUT2D eigenvalue weighted by Gasteiger charge is 2.21. The summed E-state index contributed by atoms with van der Waals surface area (Å²) in [5.74, 6) is -0.0215. The van der Waals surface area contributed by atoms with Crippen LogP contribution in [0.15, 0.2) is 47.4 Å². The van der Waals surface area contributed by atoms with Gasteiger partial charge >= 0.3 is 0 Å². The first-order chi connectivity index (χ1) is 11.1. The van der Waals surface area contributed by atoms with E-state index < -0.39 is 10.8 Å². The monoisotopic (exact) mass is 332 g/mol. The number of thioether (sulfide) groups is 1.